The van der Waals surface area contributed by atoms with Crippen LogP contribution in [0.2, 0.25) is 0 Å². The first kappa shape index (κ1) is 8.57. The van der Waals surface area contributed by atoms with Crippen LogP contribution in [0.25, 0.3) is 0 Å². The lowest BCUT2D eigenvalue weighted by molar-refractivity contribution is 0.428. The van der Waals surface area contributed by atoms with Gasteiger partial charge >= 0.3 is 0 Å². The molecule has 0 saturated heterocycles. The zero-order valence-corrected chi connectivity index (χ0v) is 7.56. The molecule has 0 aromatic heterocycles. The Balaban J connectivity index is 2.30. The minimum atomic E-state index is 0.964. The molecular weight excluding hydrogens is 136 g/mol. The van der Waals surface area contributed by atoms with Crippen molar-refractivity contribution >= 4 is 5.71 Å². The normalized spacial score (nSPS) is 24.9. The fourth-order valence-electron chi connectivity index (χ4n) is 1.69. The monoisotopic (exact) mass is 154 g/mol. The Labute approximate surface area is 69.1 Å². The van der Waals surface area contributed by atoms with E-state index in [1.807, 2.05) is 7.05 Å². The SMILES string of the molecule is CCC1CCC(=NNC)CC1. The van der Waals surface area contributed by atoms with Gasteiger partial charge in [0.1, 0.15) is 0 Å². The first-order valence-electron chi connectivity index (χ1n) is 4.59. The second kappa shape index (κ2) is 4.37. The number of hydrogen-bond acceptors (Lipinski definition) is 2. The van der Waals surface area contributed by atoms with E-state index in [1.165, 1.54) is 37.8 Å². The molecule has 0 aromatic rings. The van der Waals surface area contributed by atoms with Crippen molar-refractivity contribution in [1.29, 1.82) is 0 Å². The predicted molar refractivity (Wildman–Crippen MR) is 48.7 cm³/mol. The van der Waals surface area contributed by atoms with Gasteiger partial charge < -0.3 is 5.43 Å². The van der Waals surface area contributed by atoms with Crippen LogP contribution in [0.15, 0.2) is 5.10 Å². The first-order valence-corrected chi connectivity index (χ1v) is 4.59. The van der Waals surface area contributed by atoms with E-state index in [-0.39, 0.29) is 0 Å². The van der Waals surface area contributed by atoms with Crippen LogP contribution < -0.4 is 5.43 Å². The summed E-state index contributed by atoms with van der Waals surface area (Å²) < 4.78 is 0. The average molecular weight is 154 g/mol. The van der Waals surface area contributed by atoms with Gasteiger partial charge in [-0.3, -0.25) is 0 Å². The summed E-state index contributed by atoms with van der Waals surface area (Å²) >= 11 is 0. The summed E-state index contributed by atoms with van der Waals surface area (Å²) in [7, 11) is 1.87. The quantitative estimate of drug-likeness (QED) is 0.606. The second-order valence-electron chi connectivity index (χ2n) is 3.25. The van der Waals surface area contributed by atoms with Crippen LogP contribution in [0.1, 0.15) is 39.0 Å². The van der Waals surface area contributed by atoms with Gasteiger partial charge in [0.2, 0.25) is 0 Å². The molecule has 0 spiro atoms. The highest BCUT2D eigenvalue weighted by molar-refractivity contribution is 5.84. The van der Waals surface area contributed by atoms with Crippen molar-refractivity contribution in [2.75, 3.05) is 7.05 Å². The summed E-state index contributed by atoms with van der Waals surface area (Å²) in [6, 6.07) is 0. The molecule has 1 aliphatic carbocycles. The third kappa shape index (κ3) is 2.52. The minimum absolute atomic E-state index is 0.964. The van der Waals surface area contributed by atoms with Gasteiger partial charge in [0.05, 0.1) is 0 Å². The molecule has 0 radical (unpaired) electrons. The average Bonchev–Trinajstić information content (AvgIpc) is 2.07. The van der Waals surface area contributed by atoms with Gasteiger partial charge in [-0.2, -0.15) is 5.10 Å². The van der Waals surface area contributed by atoms with E-state index in [9.17, 15) is 0 Å². The third-order valence-electron chi connectivity index (χ3n) is 2.53. The van der Waals surface area contributed by atoms with Gasteiger partial charge in [-0.1, -0.05) is 13.3 Å². The molecule has 2 nitrogen and oxygen atoms in total. The summed E-state index contributed by atoms with van der Waals surface area (Å²) in [5, 5.41) is 4.22. The number of nitrogens with zero attached hydrogens (tertiary/aromatic N) is 1. The smallest absolute Gasteiger partial charge is 0.0378 e. The van der Waals surface area contributed by atoms with E-state index in [0.29, 0.717) is 0 Å². The summed E-state index contributed by atoms with van der Waals surface area (Å²) in [5.74, 6) is 0.964. The molecule has 0 heterocycles. The maximum Gasteiger partial charge on any atom is 0.0378 e. The molecule has 0 unspecified atom stereocenters. The largest absolute Gasteiger partial charge is 0.313 e. The van der Waals surface area contributed by atoms with Crippen LogP contribution in [-0.4, -0.2) is 12.8 Å². The van der Waals surface area contributed by atoms with Crippen molar-refractivity contribution in [1.82, 2.24) is 5.43 Å². The van der Waals surface area contributed by atoms with Gasteiger partial charge in [0.25, 0.3) is 0 Å². The van der Waals surface area contributed by atoms with Crippen LogP contribution in [0.4, 0.5) is 0 Å². The molecular formula is C9H18N2. The number of hydrazone groups is 1. The maximum atomic E-state index is 4.22. The second-order valence-corrected chi connectivity index (χ2v) is 3.25. The lowest BCUT2D eigenvalue weighted by Crippen LogP contribution is -2.15. The molecule has 1 rings (SSSR count). The lowest BCUT2D eigenvalue weighted by atomic mass is 9.86. The Morgan fingerprint density at radius 1 is 1.45 bits per heavy atom. The fourth-order valence-corrected chi connectivity index (χ4v) is 1.69. The standard InChI is InChI=1S/C9H18N2/c1-3-8-4-6-9(7-5-8)11-10-2/h8,10H,3-7H2,1-2H3. The molecule has 0 amide bonds. The van der Waals surface area contributed by atoms with E-state index in [2.05, 4.69) is 17.5 Å². The third-order valence-corrected chi connectivity index (χ3v) is 2.53. The van der Waals surface area contributed by atoms with E-state index in [1.54, 1.807) is 0 Å². The lowest BCUT2D eigenvalue weighted by Gasteiger charge is -2.21. The Morgan fingerprint density at radius 2 is 2.09 bits per heavy atom. The summed E-state index contributed by atoms with van der Waals surface area (Å²) in [5.41, 5.74) is 4.22. The topological polar surface area (TPSA) is 24.4 Å². The van der Waals surface area contributed by atoms with Crippen LogP contribution in [-0.2, 0) is 0 Å². The van der Waals surface area contributed by atoms with E-state index in [0.717, 1.165) is 5.92 Å². The number of hydrogen-bond donors (Lipinski definition) is 1. The zero-order chi connectivity index (χ0) is 8.10. The van der Waals surface area contributed by atoms with Crippen molar-refractivity contribution in [3.8, 4) is 0 Å². The number of nitrogens with one attached hydrogen (secondary N) is 1. The van der Waals surface area contributed by atoms with Crippen molar-refractivity contribution in [3.63, 3.8) is 0 Å². The van der Waals surface area contributed by atoms with Crippen LogP contribution in [0.3, 0.4) is 0 Å². The van der Waals surface area contributed by atoms with Gasteiger partial charge in [0.15, 0.2) is 0 Å². The van der Waals surface area contributed by atoms with Crippen molar-refractivity contribution in [2.24, 2.45) is 11.0 Å². The molecule has 11 heavy (non-hydrogen) atoms. The van der Waals surface area contributed by atoms with Crippen LogP contribution in [0, 0.1) is 5.92 Å². The zero-order valence-electron chi connectivity index (χ0n) is 7.56. The highest BCUT2D eigenvalue weighted by Gasteiger charge is 2.15. The van der Waals surface area contributed by atoms with Gasteiger partial charge in [-0.05, 0) is 31.6 Å². The molecule has 2 heteroatoms. The Bertz CT molecular complexity index is 130. The molecule has 1 saturated carbocycles. The maximum absolute atomic E-state index is 4.22. The Kier molecular flexibility index (Phi) is 3.40. The van der Waals surface area contributed by atoms with Crippen molar-refractivity contribution in [2.45, 2.75) is 39.0 Å². The Hall–Kier alpha value is -0.530. The van der Waals surface area contributed by atoms with Crippen molar-refractivity contribution in [3.05, 3.63) is 0 Å². The van der Waals surface area contributed by atoms with E-state index >= 15 is 0 Å². The summed E-state index contributed by atoms with van der Waals surface area (Å²) in [6.07, 6.45) is 6.44. The molecule has 1 fully saturated rings. The molecule has 0 aromatic carbocycles. The first-order chi connectivity index (χ1) is 5.36. The van der Waals surface area contributed by atoms with Crippen LogP contribution in [0.5, 0.6) is 0 Å². The van der Waals surface area contributed by atoms with Gasteiger partial charge in [-0.25, -0.2) is 0 Å². The van der Waals surface area contributed by atoms with E-state index in [4.69, 9.17) is 0 Å². The van der Waals surface area contributed by atoms with Gasteiger partial charge in [0, 0.05) is 12.8 Å². The molecule has 64 valence electrons. The molecule has 0 atom stereocenters. The molecule has 0 bridgehead atoms. The fraction of sp³-hybridized carbons (Fsp3) is 0.889. The molecule has 0 aliphatic heterocycles. The summed E-state index contributed by atoms with van der Waals surface area (Å²) in [6.45, 7) is 2.28. The van der Waals surface area contributed by atoms with Gasteiger partial charge in [-0.15, -0.1) is 0 Å². The Morgan fingerprint density at radius 3 is 2.55 bits per heavy atom. The molecule has 1 aliphatic rings. The molecule has 1 N–H and O–H groups in total. The summed E-state index contributed by atoms with van der Waals surface area (Å²) in [4.78, 5) is 0. The highest BCUT2D eigenvalue weighted by atomic mass is 15.3. The van der Waals surface area contributed by atoms with E-state index < -0.39 is 0 Å². The van der Waals surface area contributed by atoms with Crippen LogP contribution >= 0.6 is 0 Å². The predicted octanol–water partition coefficient (Wildman–Crippen LogP) is 2.16. The van der Waals surface area contributed by atoms with Crippen molar-refractivity contribution < 1.29 is 0 Å². The minimum Gasteiger partial charge on any atom is -0.313 e. The number of rotatable bonds is 2. The highest BCUT2D eigenvalue weighted by Crippen LogP contribution is 2.24.